The summed E-state index contributed by atoms with van der Waals surface area (Å²) in [5.41, 5.74) is -0.605. The first kappa shape index (κ1) is 20.2. The SMILES string of the molecule is Cc1c([C@@H](NC(=O)N[C@@H]2CCc3nccn3C2)C(F)(F)F)oc2c(F)cc(F)cc12. The first-order chi connectivity index (χ1) is 14.1. The minimum absolute atomic E-state index is 0.105. The number of nitrogens with zero attached hydrogens (tertiary/aromatic N) is 2. The molecule has 4 rings (SSSR count). The fraction of sp³-hybridized carbons (Fsp3) is 0.368. The normalized spacial score (nSPS) is 17.6. The van der Waals surface area contributed by atoms with Gasteiger partial charge in [-0.25, -0.2) is 18.6 Å². The molecule has 2 aromatic heterocycles. The predicted molar refractivity (Wildman–Crippen MR) is 95.7 cm³/mol. The van der Waals surface area contributed by atoms with Crippen molar-refractivity contribution in [2.24, 2.45) is 0 Å². The minimum Gasteiger partial charge on any atom is -0.455 e. The van der Waals surface area contributed by atoms with E-state index in [4.69, 9.17) is 4.42 Å². The van der Waals surface area contributed by atoms with E-state index in [9.17, 15) is 26.7 Å². The molecular weight excluding hydrogens is 411 g/mol. The average Bonchev–Trinajstić information content (AvgIpc) is 3.24. The number of amides is 2. The van der Waals surface area contributed by atoms with E-state index in [2.05, 4.69) is 10.3 Å². The average molecular weight is 428 g/mol. The van der Waals surface area contributed by atoms with E-state index in [0.29, 0.717) is 25.5 Å². The van der Waals surface area contributed by atoms with E-state index in [1.54, 1.807) is 12.4 Å². The third-order valence-electron chi connectivity index (χ3n) is 5.13. The molecule has 6 nitrogen and oxygen atoms in total. The summed E-state index contributed by atoms with van der Waals surface area (Å²) in [6.45, 7) is 1.63. The zero-order valence-corrected chi connectivity index (χ0v) is 15.7. The molecule has 1 aliphatic rings. The van der Waals surface area contributed by atoms with Crippen LogP contribution in [0.3, 0.4) is 0 Å². The highest BCUT2D eigenvalue weighted by Crippen LogP contribution is 2.39. The van der Waals surface area contributed by atoms with Gasteiger partial charge < -0.3 is 19.6 Å². The van der Waals surface area contributed by atoms with Gasteiger partial charge in [0.1, 0.15) is 17.4 Å². The topological polar surface area (TPSA) is 72.1 Å². The highest BCUT2D eigenvalue weighted by atomic mass is 19.4. The summed E-state index contributed by atoms with van der Waals surface area (Å²) >= 11 is 0. The molecule has 1 aromatic carbocycles. The Labute approximate surface area is 167 Å². The first-order valence-corrected chi connectivity index (χ1v) is 9.15. The molecular formula is C19H17F5N4O2. The number of aromatic nitrogens is 2. The van der Waals surface area contributed by atoms with Crippen LogP contribution in [0.2, 0.25) is 0 Å². The summed E-state index contributed by atoms with van der Waals surface area (Å²) in [7, 11) is 0. The van der Waals surface area contributed by atoms with Gasteiger partial charge in [0.15, 0.2) is 17.4 Å². The molecule has 30 heavy (non-hydrogen) atoms. The standard InChI is InChI=1S/C19H17F5N4O2/c1-9-12-6-10(20)7-13(21)16(12)30-15(9)17(19(22,23)24)27-18(29)26-11-2-3-14-25-4-5-28(14)8-11/h4-7,11,17H,2-3,8H2,1H3,(H2,26,27,29)/t11-,17-/m1/s1. The lowest BCUT2D eigenvalue weighted by atomic mass is 10.1. The van der Waals surface area contributed by atoms with E-state index in [-0.39, 0.29) is 17.0 Å². The molecule has 0 radical (unpaired) electrons. The zero-order valence-electron chi connectivity index (χ0n) is 15.7. The van der Waals surface area contributed by atoms with Crippen molar-refractivity contribution < 1.29 is 31.2 Å². The van der Waals surface area contributed by atoms with Crippen LogP contribution in [-0.2, 0) is 13.0 Å². The Morgan fingerprint density at radius 1 is 1.33 bits per heavy atom. The highest BCUT2D eigenvalue weighted by molar-refractivity contribution is 5.83. The summed E-state index contributed by atoms with van der Waals surface area (Å²) in [5, 5.41) is 4.26. The minimum atomic E-state index is -4.92. The van der Waals surface area contributed by atoms with E-state index in [1.165, 1.54) is 6.92 Å². The number of fused-ring (bicyclic) bond motifs is 2. The van der Waals surface area contributed by atoms with Crippen molar-refractivity contribution in [3.63, 3.8) is 0 Å². The van der Waals surface area contributed by atoms with Gasteiger partial charge in [0.25, 0.3) is 0 Å². The molecule has 0 fully saturated rings. The summed E-state index contributed by atoms with van der Waals surface area (Å²) < 4.78 is 75.4. The maximum atomic E-state index is 13.9. The van der Waals surface area contributed by atoms with Gasteiger partial charge in [-0.15, -0.1) is 0 Å². The van der Waals surface area contributed by atoms with Gasteiger partial charge >= 0.3 is 12.2 Å². The second-order valence-electron chi connectivity index (χ2n) is 7.18. The molecule has 2 N–H and O–H groups in total. The smallest absolute Gasteiger partial charge is 0.416 e. The molecule has 0 unspecified atom stereocenters. The number of halogens is 5. The number of furan rings is 1. The van der Waals surface area contributed by atoms with E-state index >= 15 is 0 Å². The third-order valence-corrected chi connectivity index (χ3v) is 5.13. The lowest BCUT2D eigenvalue weighted by molar-refractivity contribution is -0.158. The van der Waals surface area contributed by atoms with Crippen LogP contribution >= 0.6 is 0 Å². The number of nitrogens with one attached hydrogen (secondary N) is 2. The number of aryl methyl sites for hydroxylation is 2. The first-order valence-electron chi connectivity index (χ1n) is 9.15. The van der Waals surface area contributed by atoms with Gasteiger partial charge in [0, 0.05) is 48.4 Å². The number of carbonyl (C=O) groups excluding carboxylic acids is 1. The van der Waals surface area contributed by atoms with Crippen LogP contribution in [-0.4, -0.2) is 27.8 Å². The molecule has 0 saturated heterocycles. The highest BCUT2D eigenvalue weighted by Gasteiger charge is 2.45. The van der Waals surface area contributed by atoms with Crippen molar-refractivity contribution in [2.75, 3.05) is 0 Å². The summed E-state index contributed by atoms with van der Waals surface area (Å²) in [4.78, 5) is 16.5. The molecule has 3 heterocycles. The van der Waals surface area contributed by atoms with Gasteiger partial charge in [-0.1, -0.05) is 0 Å². The molecule has 1 aliphatic heterocycles. The van der Waals surface area contributed by atoms with Crippen LogP contribution in [0, 0.1) is 18.6 Å². The molecule has 0 aliphatic carbocycles. The molecule has 0 bridgehead atoms. The van der Waals surface area contributed by atoms with E-state index < -0.39 is 41.2 Å². The van der Waals surface area contributed by atoms with Crippen LogP contribution in [0.1, 0.15) is 29.6 Å². The number of hydrogen-bond acceptors (Lipinski definition) is 3. The summed E-state index contributed by atoms with van der Waals surface area (Å²) in [6, 6.07) is -2.55. The van der Waals surface area contributed by atoms with Crippen LogP contribution in [0.15, 0.2) is 28.9 Å². The molecule has 160 valence electrons. The maximum Gasteiger partial charge on any atom is 0.416 e. The fourth-order valence-corrected chi connectivity index (χ4v) is 3.68. The van der Waals surface area contributed by atoms with Crippen molar-refractivity contribution in [2.45, 2.75) is 44.6 Å². The lowest BCUT2D eigenvalue weighted by Crippen LogP contribution is -2.49. The van der Waals surface area contributed by atoms with Crippen LogP contribution in [0.25, 0.3) is 11.0 Å². The molecule has 3 aromatic rings. The number of alkyl halides is 3. The second-order valence-corrected chi connectivity index (χ2v) is 7.18. The predicted octanol–water partition coefficient (Wildman–Crippen LogP) is 4.13. The third kappa shape index (κ3) is 3.71. The van der Waals surface area contributed by atoms with E-state index in [0.717, 1.165) is 11.9 Å². The number of urea groups is 1. The summed E-state index contributed by atoms with van der Waals surface area (Å²) in [6.07, 6.45) is -0.479. The Hall–Kier alpha value is -3.11. The van der Waals surface area contributed by atoms with Crippen molar-refractivity contribution in [1.82, 2.24) is 20.2 Å². The van der Waals surface area contributed by atoms with Gasteiger partial charge in [0.2, 0.25) is 0 Å². The van der Waals surface area contributed by atoms with Crippen LogP contribution in [0.4, 0.5) is 26.7 Å². The number of rotatable bonds is 3. The number of imidazole rings is 1. The number of benzene rings is 1. The number of carbonyl (C=O) groups is 1. The zero-order chi connectivity index (χ0) is 21.6. The Bertz CT molecular complexity index is 1100. The quantitative estimate of drug-likeness (QED) is 0.617. The molecule has 0 saturated carbocycles. The Balaban J connectivity index is 1.57. The summed E-state index contributed by atoms with van der Waals surface area (Å²) in [5.74, 6) is -1.92. The second kappa shape index (κ2) is 7.29. The van der Waals surface area contributed by atoms with Crippen molar-refractivity contribution in [3.8, 4) is 0 Å². The van der Waals surface area contributed by atoms with Gasteiger partial charge in [-0.05, 0) is 19.4 Å². The maximum absolute atomic E-state index is 13.9. The molecule has 2 amide bonds. The largest absolute Gasteiger partial charge is 0.455 e. The van der Waals surface area contributed by atoms with E-state index in [1.807, 2.05) is 9.88 Å². The molecule has 2 atom stereocenters. The van der Waals surface area contributed by atoms with Gasteiger partial charge in [-0.3, -0.25) is 0 Å². The Morgan fingerprint density at radius 2 is 2.10 bits per heavy atom. The molecule has 0 spiro atoms. The van der Waals surface area contributed by atoms with Crippen molar-refractivity contribution >= 4 is 17.0 Å². The van der Waals surface area contributed by atoms with Crippen molar-refractivity contribution in [1.29, 1.82) is 0 Å². The van der Waals surface area contributed by atoms with Gasteiger partial charge in [-0.2, -0.15) is 13.2 Å². The Morgan fingerprint density at radius 3 is 2.83 bits per heavy atom. The van der Waals surface area contributed by atoms with Crippen LogP contribution < -0.4 is 10.6 Å². The lowest BCUT2D eigenvalue weighted by Gasteiger charge is -2.26. The fourth-order valence-electron chi connectivity index (χ4n) is 3.68. The van der Waals surface area contributed by atoms with Gasteiger partial charge in [0.05, 0.1) is 0 Å². The van der Waals surface area contributed by atoms with Crippen molar-refractivity contribution in [3.05, 3.63) is 53.3 Å². The number of hydrogen-bond donors (Lipinski definition) is 2. The Kier molecular flexibility index (Phi) is 4.91. The van der Waals surface area contributed by atoms with Crippen LogP contribution in [0.5, 0.6) is 0 Å². The molecule has 11 heteroatoms. The monoisotopic (exact) mass is 428 g/mol.